The molecule has 0 bridgehead atoms. The van der Waals surface area contributed by atoms with Gasteiger partial charge in [0.2, 0.25) is 0 Å². The first-order valence-corrected chi connectivity index (χ1v) is 6.78. The zero-order valence-electron chi connectivity index (χ0n) is 11.0. The largest absolute Gasteiger partial charge is 0.436 e. The van der Waals surface area contributed by atoms with E-state index in [1.165, 1.54) is 7.05 Å². The minimum Gasteiger partial charge on any atom is -0.335 e. The summed E-state index contributed by atoms with van der Waals surface area (Å²) >= 11 is 2.86. The molecule has 1 amide bonds. The lowest BCUT2D eigenvalue weighted by atomic mass is 10.2. The number of piperazine rings is 1. The first-order valence-electron chi connectivity index (χ1n) is 5.99. The second kappa shape index (κ2) is 5.36. The molecule has 2 rings (SSSR count). The predicted molar refractivity (Wildman–Crippen MR) is 69.3 cm³/mol. The summed E-state index contributed by atoms with van der Waals surface area (Å²) in [7, 11) is 3.27. The molecule has 0 unspecified atom stereocenters. The van der Waals surface area contributed by atoms with Crippen molar-refractivity contribution in [3.8, 4) is 0 Å². The SMILES string of the molecule is CN1CCN(C(=O)c2c(Br)c(C(F)(F)F)nn2C)CC1. The summed E-state index contributed by atoms with van der Waals surface area (Å²) < 4.78 is 39.0. The number of alkyl halides is 3. The van der Waals surface area contributed by atoms with Gasteiger partial charge in [0.25, 0.3) is 5.91 Å². The minimum absolute atomic E-state index is 0.0677. The molecule has 5 nitrogen and oxygen atoms in total. The fourth-order valence-corrected chi connectivity index (χ4v) is 2.80. The third-order valence-electron chi connectivity index (χ3n) is 3.25. The van der Waals surface area contributed by atoms with Gasteiger partial charge in [-0.1, -0.05) is 0 Å². The third-order valence-corrected chi connectivity index (χ3v) is 4.00. The van der Waals surface area contributed by atoms with E-state index in [2.05, 4.69) is 25.9 Å². The number of hydrogen-bond donors (Lipinski definition) is 0. The van der Waals surface area contributed by atoms with Gasteiger partial charge < -0.3 is 9.80 Å². The van der Waals surface area contributed by atoms with Gasteiger partial charge in [-0.25, -0.2) is 0 Å². The van der Waals surface area contributed by atoms with Gasteiger partial charge in [0.15, 0.2) is 5.69 Å². The Labute approximate surface area is 122 Å². The molecule has 0 saturated carbocycles. The number of rotatable bonds is 1. The van der Waals surface area contributed by atoms with E-state index in [1.54, 1.807) is 4.90 Å². The summed E-state index contributed by atoms with van der Waals surface area (Å²) in [4.78, 5) is 15.9. The standard InChI is InChI=1S/C11H14BrF3N4O/c1-17-3-5-19(6-4-17)10(20)8-7(12)9(11(13,14)15)16-18(8)2/h3-6H2,1-2H3. The maximum atomic E-state index is 12.8. The molecule has 1 saturated heterocycles. The molecule has 20 heavy (non-hydrogen) atoms. The summed E-state index contributed by atoms with van der Waals surface area (Å²) in [5, 5.41) is 3.40. The quantitative estimate of drug-likeness (QED) is 0.768. The van der Waals surface area contributed by atoms with E-state index < -0.39 is 17.8 Å². The van der Waals surface area contributed by atoms with Gasteiger partial charge >= 0.3 is 6.18 Å². The summed E-state index contributed by atoms with van der Waals surface area (Å²) in [6, 6.07) is 0. The second-order valence-corrected chi connectivity index (χ2v) is 5.52. The summed E-state index contributed by atoms with van der Waals surface area (Å²) in [6.07, 6.45) is -4.59. The van der Waals surface area contributed by atoms with Crippen molar-refractivity contribution in [3.63, 3.8) is 0 Å². The summed E-state index contributed by atoms with van der Waals surface area (Å²) in [5.41, 5.74) is -1.14. The van der Waals surface area contributed by atoms with Crippen LogP contribution in [0.3, 0.4) is 0 Å². The smallest absolute Gasteiger partial charge is 0.335 e. The predicted octanol–water partition coefficient (Wildman–Crippen LogP) is 1.59. The monoisotopic (exact) mass is 354 g/mol. The van der Waals surface area contributed by atoms with Crippen molar-refractivity contribution in [3.05, 3.63) is 15.9 Å². The molecule has 0 radical (unpaired) electrons. The molecule has 0 atom stereocenters. The topological polar surface area (TPSA) is 41.4 Å². The zero-order valence-corrected chi connectivity index (χ0v) is 12.6. The molecule has 0 aromatic carbocycles. The van der Waals surface area contributed by atoms with Crippen molar-refractivity contribution in [1.29, 1.82) is 0 Å². The summed E-state index contributed by atoms with van der Waals surface area (Å²) in [5.74, 6) is -0.435. The van der Waals surface area contributed by atoms with Crippen LogP contribution < -0.4 is 0 Å². The molecular formula is C11H14BrF3N4O. The lowest BCUT2D eigenvalue weighted by molar-refractivity contribution is -0.142. The molecule has 1 aromatic heterocycles. The van der Waals surface area contributed by atoms with Crippen molar-refractivity contribution < 1.29 is 18.0 Å². The number of carbonyl (C=O) groups is 1. The van der Waals surface area contributed by atoms with Crippen LogP contribution in [0.1, 0.15) is 16.2 Å². The Morgan fingerprint density at radius 3 is 2.20 bits per heavy atom. The Hall–Kier alpha value is -1.09. The third kappa shape index (κ3) is 2.83. The van der Waals surface area contributed by atoms with Gasteiger partial charge in [0, 0.05) is 33.2 Å². The van der Waals surface area contributed by atoms with E-state index in [4.69, 9.17) is 0 Å². The van der Waals surface area contributed by atoms with E-state index in [0.717, 1.165) is 4.68 Å². The Kier molecular flexibility index (Phi) is 4.10. The van der Waals surface area contributed by atoms with Gasteiger partial charge in [-0.05, 0) is 23.0 Å². The molecule has 0 aliphatic carbocycles. The number of likely N-dealkylation sites (N-methyl/N-ethyl adjacent to an activating group) is 1. The molecule has 0 N–H and O–H groups in total. The minimum atomic E-state index is -4.59. The highest BCUT2D eigenvalue weighted by atomic mass is 79.9. The maximum absolute atomic E-state index is 12.8. The van der Waals surface area contributed by atoms with E-state index in [1.807, 2.05) is 7.05 Å². The number of amides is 1. The number of halogens is 4. The highest BCUT2D eigenvalue weighted by molar-refractivity contribution is 9.10. The first-order chi connectivity index (χ1) is 9.21. The van der Waals surface area contributed by atoms with Crippen LogP contribution in [0.4, 0.5) is 13.2 Å². The van der Waals surface area contributed by atoms with Crippen LogP contribution in [0.25, 0.3) is 0 Å². The van der Waals surface area contributed by atoms with Gasteiger partial charge in [-0.3, -0.25) is 9.48 Å². The lowest BCUT2D eigenvalue weighted by Crippen LogP contribution is -2.47. The highest BCUT2D eigenvalue weighted by Crippen LogP contribution is 2.35. The number of aryl methyl sites for hydroxylation is 1. The Balaban J connectivity index is 2.29. The lowest BCUT2D eigenvalue weighted by Gasteiger charge is -2.32. The van der Waals surface area contributed by atoms with Gasteiger partial charge in [0.05, 0.1) is 4.47 Å². The van der Waals surface area contributed by atoms with Crippen molar-refractivity contribution in [1.82, 2.24) is 19.6 Å². The fraction of sp³-hybridized carbons (Fsp3) is 0.636. The molecule has 0 spiro atoms. The van der Waals surface area contributed by atoms with Gasteiger partial charge in [-0.2, -0.15) is 18.3 Å². The van der Waals surface area contributed by atoms with Crippen LogP contribution in [-0.2, 0) is 13.2 Å². The van der Waals surface area contributed by atoms with E-state index in [9.17, 15) is 18.0 Å². The molecular weight excluding hydrogens is 341 g/mol. The molecule has 1 aliphatic rings. The number of carbonyl (C=O) groups excluding carboxylic acids is 1. The van der Waals surface area contributed by atoms with Crippen LogP contribution in [0.5, 0.6) is 0 Å². The van der Waals surface area contributed by atoms with Crippen LogP contribution in [0.15, 0.2) is 4.47 Å². The average molecular weight is 355 g/mol. The van der Waals surface area contributed by atoms with Crippen LogP contribution in [-0.4, -0.2) is 58.7 Å². The zero-order chi connectivity index (χ0) is 15.1. The second-order valence-electron chi connectivity index (χ2n) is 4.73. The van der Waals surface area contributed by atoms with E-state index in [0.29, 0.717) is 26.2 Å². The van der Waals surface area contributed by atoms with Crippen molar-refractivity contribution in [2.45, 2.75) is 6.18 Å². The first kappa shape index (κ1) is 15.3. The van der Waals surface area contributed by atoms with Crippen LogP contribution in [0.2, 0.25) is 0 Å². The van der Waals surface area contributed by atoms with E-state index >= 15 is 0 Å². The Morgan fingerprint density at radius 2 is 1.75 bits per heavy atom. The number of aromatic nitrogens is 2. The summed E-state index contributed by atoms with van der Waals surface area (Å²) in [6.45, 7) is 2.39. The molecule has 1 aromatic rings. The average Bonchev–Trinajstić information content (AvgIpc) is 2.65. The van der Waals surface area contributed by atoms with Gasteiger partial charge in [-0.15, -0.1) is 0 Å². The molecule has 1 aliphatic heterocycles. The Bertz CT molecular complexity index is 520. The molecule has 9 heteroatoms. The molecule has 1 fully saturated rings. The van der Waals surface area contributed by atoms with Crippen molar-refractivity contribution in [2.24, 2.45) is 7.05 Å². The van der Waals surface area contributed by atoms with Gasteiger partial charge in [0.1, 0.15) is 5.69 Å². The van der Waals surface area contributed by atoms with Crippen molar-refractivity contribution in [2.75, 3.05) is 33.2 Å². The number of hydrogen-bond acceptors (Lipinski definition) is 3. The normalized spacial score (nSPS) is 17.6. The molecule has 2 heterocycles. The highest BCUT2D eigenvalue weighted by Gasteiger charge is 2.40. The maximum Gasteiger partial charge on any atom is 0.436 e. The van der Waals surface area contributed by atoms with Crippen LogP contribution >= 0.6 is 15.9 Å². The van der Waals surface area contributed by atoms with Crippen LogP contribution in [0, 0.1) is 0 Å². The van der Waals surface area contributed by atoms with E-state index in [-0.39, 0.29) is 10.2 Å². The molecule has 112 valence electrons. The van der Waals surface area contributed by atoms with Crippen molar-refractivity contribution >= 4 is 21.8 Å². The Morgan fingerprint density at radius 1 is 1.20 bits per heavy atom. The fourth-order valence-electron chi connectivity index (χ4n) is 2.07. The number of nitrogens with zero attached hydrogens (tertiary/aromatic N) is 4.